The number of nitrogens with one attached hydrogen (secondary N) is 1. The highest BCUT2D eigenvalue weighted by Crippen LogP contribution is 2.39. The maximum Gasteiger partial charge on any atom is 0.265 e. The van der Waals surface area contributed by atoms with E-state index in [4.69, 9.17) is 27.9 Å². The molecule has 10 heteroatoms. The molecule has 0 spiro atoms. The van der Waals surface area contributed by atoms with Crippen molar-refractivity contribution in [1.82, 2.24) is 9.80 Å². The number of hydrogen-bond donors (Lipinski definition) is 1. The number of ether oxygens (including phenoxy) is 1. The molecular formula is C31H32Cl2N4O4. The summed E-state index contributed by atoms with van der Waals surface area (Å²) in [6.07, 6.45) is 2.22. The smallest absolute Gasteiger partial charge is 0.265 e. The molecule has 214 valence electrons. The van der Waals surface area contributed by atoms with E-state index in [0.717, 1.165) is 48.3 Å². The first kappa shape index (κ1) is 28.9. The van der Waals surface area contributed by atoms with Crippen molar-refractivity contribution in [2.75, 3.05) is 50.1 Å². The summed E-state index contributed by atoms with van der Waals surface area (Å²) in [6.45, 7) is 3.57. The molecule has 1 saturated heterocycles. The van der Waals surface area contributed by atoms with Gasteiger partial charge in [-0.25, -0.2) is 0 Å². The second kappa shape index (κ2) is 12.5. The SMILES string of the molecule is CC(=O)Nc1ccc(-c2cccc(C(CN(C)C(=O)CN3C(=O)COc4cc(Cl)c(Cl)cc43)N3CCCC3)c2)cc1. The number of carbonyl (C=O) groups excluding carboxylic acids is 3. The van der Waals surface area contributed by atoms with Crippen LogP contribution in [0.5, 0.6) is 5.75 Å². The summed E-state index contributed by atoms with van der Waals surface area (Å²) in [5.74, 6) is -0.189. The fourth-order valence-electron chi connectivity index (χ4n) is 5.35. The molecule has 0 aliphatic carbocycles. The van der Waals surface area contributed by atoms with E-state index < -0.39 is 0 Å². The summed E-state index contributed by atoms with van der Waals surface area (Å²) < 4.78 is 5.52. The number of halogens is 2. The van der Waals surface area contributed by atoms with Gasteiger partial charge in [0.1, 0.15) is 12.3 Å². The second-order valence-electron chi connectivity index (χ2n) is 10.4. The van der Waals surface area contributed by atoms with Gasteiger partial charge in [0.05, 0.1) is 21.8 Å². The number of likely N-dealkylation sites (tertiary alicyclic amines) is 1. The Hall–Kier alpha value is -3.59. The van der Waals surface area contributed by atoms with Crippen molar-refractivity contribution < 1.29 is 19.1 Å². The van der Waals surface area contributed by atoms with E-state index in [9.17, 15) is 14.4 Å². The Kier molecular flexibility index (Phi) is 8.82. The Morgan fingerprint density at radius 1 is 1.00 bits per heavy atom. The van der Waals surface area contributed by atoms with Crippen LogP contribution in [-0.2, 0) is 14.4 Å². The first-order valence-electron chi connectivity index (χ1n) is 13.6. The van der Waals surface area contributed by atoms with Crippen molar-refractivity contribution in [3.05, 3.63) is 76.3 Å². The lowest BCUT2D eigenvalue weighted by molar-refractivity contribution is -0.131. The fraction of sp³-hybridized carbons (Fsp3) is 0.323. The lowest BCUT2D eigenvalue weighted by atomic mass is 9.98. The monoisotopic (exact) mass is 594 g/mol. The molecule has 0 bridgehead atoms. The molecule has 1 atom stereocenters. The number of rotatable bonds is 8. The topological polar surface area (TPSA) is 82.2 Å². The van der Waals surface area contributed by atoms with Gasteiger partial charge in [-0.3, -0.25) is 24.2 Å². The molecule has 0 aromatic heterocycles. The van der Waals surface area contributed by atoms with Gasteiger partial charge < -0.3 is 15.0 Å². The first-order chi connectivity index (χ1) is 19.7. The van der Waals surface area contributed by atoms with E-state index in [0.29, 0.717) is 23.0 Å². The minimum atomic E-state index is -0.314. The Bertz CT molecular complexity index is 1460. The van der Waals surface area contributed by atoms with Crippen LogP contribution in [0.3, 0.4) is 0 Å². The minimum absolute atomic E-state index is 0.00835. The summed E-state index contributed by atoms with van der Waals surface area (Å²) >= 11 is 12.3. The summed E-state index contributed by atoms with van der Waals surface area (Å²) in [5.41, 5.74) is 4.39. The van der Waals surface area contributed by atoms with E-state index >= 15 is 0 Å². The van der Waals surface area contributed by atoms with Crippen molar-refractivity contribution in [1.29, 1.82) is 0 Å². The first-order valence-corrected chi connectivity index (χ1v) is 14.3. The molecule has 5 rings (SSSR count). The molecule has 3 aromatic carbocycles. The second-order valence-corrected chi connectivity index (χ2v) is 11.2. The normalized spacial score (nSPS) is 15.7. The van der Waals surface area contributed by atoms with Crippen molar-refractivity contribution in [2.24, 2.45) is 0 Å². The van der Waals surface area contributed by atoms with Crippen LogP contribution in [0.2, 0.25) is 10.0 Å². The van der Waals surface area contributed by atoms with Gasteiger partial charge in [-0.1, -0.05) is 53.5 Å². The Morgan fingerprint density at radius 3 is 2.41 bits per heavy atom. The largest absolute Gasteiger partial charge is 0.482 e. The van der Waals surface area contributed by atoms with E-state index in [2.05, 4.69) is 28.4 Å². The number of fused-ring (bicyclic) bond motifs is 1. The summed E-state index contributed by atoms with van der Waals surface area (Å²) in [5, 5.41) is 3.41. The fourth-order valence-corrected chi connectivity index (χ4v) is 5.66. The molecule has 1 N–H and O–H groups in total. The summed E-state index contributed by atoms with van der Waals surface area (Å²) in [6, 6.07) is 19.2. The number of amides is 3. The molecule has 3 amide bonds. The molecule has 1 fully saturated rings. The standard InChI is InChI=1S/C31H32Cl2N4O4/c1-20(38)34-24-10-8-21(9-11-24)22-6-5-7-23(14-22)28(36-12-3-4-13-36)17-35(2)30(39)18-37-27-15-25(32)26(33)16-29(27)41-19-31(37)40/h5-11,14-16,28H,3-4,12-13,17-19H2,1-2H3,(H,34,38). The summed E-state index contributed by atoms with van der Waals surface area (Å²) in [4.78, 5) is 43.1. The summed E-state index contributed by atoms with van der Waals surface area (Å²) in [7, 11) is 1.77. The third-order valence-electron chi connectivity index (χ3n) is 7.50. The van der Waals surface area contributed by atoms with Crippen molar-refractivity contribution >= 4 is 52.3 Å². The van der Waals surface area contributed by atoms with Crippen molar-refractivity contribution in [3.63, 3.8) is 0 Å². The average Bonchev–Trinajstić information content (AvgIpc) is 3.49. The molecule has 2 aliphatic heterocycles. The van der Waals surface area contributed by atoms with Crippen molar-refractivity contribution in [2.45, 2.75) is 25.8 Å². The maximum absolute atomic E-state index is 13.5. The number of hydrogen-bond acceptors (Lipinski definition) is 5. The van der Waals surface area contributed by atoms with Gasteiger partial charge in [0.2, 0.25) is 11.8 Å². The predicted octanol–water partition coefficient (Wildman–Crippen LogP) is 5.64. The highest BCUT2D eigenvalue weighted by Gasteiger charge is 2.31. The van der Waals surface area contributed by atoms with Crippen LogP contribution in [0.25, 0.3) is 11.1 Å². The zero-order chi connectivity index (χ0) is 29.1. The average molecular weight is 596 g/mol. The maximum atomic E-state index is 13.5. The van der Waals surface area contributed by atoms with Crippen LogP contribution in [0.1, 0.15) is 31.4 Å². The van der Waals surface area contributed by atoms with Gasteiger partial charge in [0.15, 0.2) is 6.61 Å². The molecule has 2 aliphatic rings. The molecule has 3 aromatic rings. The van der Waals surface area contributed by atoms with Gasteiger partial charge in [-0.05, 0) is 66.9 Å². The molecule has 0 radical (unpaired) electrons. The third kappa shape index (κ3) is 6.67. The molecule has 41 heavy (non-hydrogen) atoms. The zero-order valence-corrected chi connectivity index (χ0v) is 24.5. The van der Waals surface area contributed by atoms with Gasteiger partial charge >= 0.3 is 0 Å². The van der Waals surface area contributed by atoms with Crippen LogP contribution in [-0.4, -0.2) is 67.4 Å². The zero-order valence-electron chi connectivity index (χ0n) is 23.0. The number of likely N-dealkylation sites (N-methyl/N-ethyl adjacent to an activating group) is 1. The van der Waals surface area contributed by atoms with Crippen LogP contribution in [0.15, 0.2) is 60.7 Å². The molecule has 1 unspecified atom stereocenters. The van der Waals surface area contributed by atoms with Gasteiger partial charge in [0, 0.05) is 32.3 Å². The number of carbonyl (C=O) groups is 3. The highest BCUT2D eigenvalue weighted by atomic mass is 35.5. The number of benzene rings is 3. The molecular weight excluding hydrogens is 563 g/mol. The van der Waals surface area contributed by atoms with E-state index in [1.807, 2.05) is 30.3 Å². The van der Waals surface area contributed by atoms with Crippen LogP contribution >= 0.6 is 23.2 Å². The minimum Gasteiger partial charge on any atom is -0.482 e. The van der Waals surface area contributed by atoms with Crippen LogP contribution in [0.4, 0.5) is 11.4 Å². The van der Waals surface area contributed by atoms with Crippen molar-refractivity contribution in [3.8, 4) is 16.9 Å². The molecule has 2 heterocycles. The van der Waals surface area contributed by atoms with Gasteiger partial charge in [0.25, 0.3) is 5.91 Å². The van der Waals surface area contributed by atoms with E-state index in [1.54, 1.807) is 24.1 Å². The Balaban J connectivity index is 1.35. The van der Waals surface area contributed by atoms with Crippen LogP contribution < -0.4 is 15.0 Å². The van der Waals surface area contributed by atoms with Crippen LogP contribution in [0, 0.1) is 0 Å². The Morgan fingerprint density at radius 2 is 1.71 bits per heavy atom. The van der Waals surface area contributed by atoms with E-state index in [-0.39, 0.29) is 41.9 Å². The Labute approximate surface area is 249 Å². The number of nitrogens with zero attached hydrogens (tertiary/aromatic N) is 3. The lowest BCUT2D eigenvalue weighted by Gasteiger charge is -2.34. The number of anilines is 2. The predicted molar refractivity (Wildman–Crippen MR) is 162 cm³/mol. The van der Waals surface area contributed by atoms with Gasteiger partial charge in [-0.2, -0.15) is 0 Å². The molecule has 8 nitrogen and oxygen atoms in total. The third-order valence-corrected chi connectivity index (χ3v) is 8.22. The molecule has 0 saturated carbocycles. The van der Waals surface area contributed by atoms with E-state index in [1.165, 1.54) is 11.8 Å². The lowest BCUT2D eigenvalue weighted by Crippen LogP contribution is -2.47. The quantitative estimate of drug-likeness (QED) is 0.365. The van der Waals surface area contributed by atoms with Gasteiger partial charge in [-0.15, -0.1) is 0 Å². The highest BCUT2D eigenvalue weighted by molar-refractivity contribution is 6.42.